The number of carboxylic acids is 1. The molecule has 0 saturated carbocycles. The summed E-state index contributed by atoms with van der Waals surface area (Å²) in [6.07, 6.45) is 1.07. The van der Waals surface area contributed by atoms with E-state index in [2.05, 4.69) is 5.32 Å². The number of benzene rings is 1. The predicted molar refractivity (Wildman–Crippen MR) is 83.2 cm³/mol. The van der Waals surface area contributed by atoms with Gasteiger partial charge in [-0.3, -0.25) is 9.59 Å². The maximum atomic E-state index is 12.1. The van der Waals surface area contributed by atoms with E-state index in [9.17, 15) is 9.59 Å². The Bertz CT molecular complexity index is 663. The third-order valence-corrected chi connectivity index (χ3v) is 3.23. The molecule has 122 valence electrons. The van der Waals surface area contributed by atoms with Crippen molar-refractivity contribution in [3.05, 3.63) is 59.0 Å². The van der Waals surface area contributed by atoms with Gasteiger partial charge in [0.05, 0.1) is 25.0 Å². The van der Waals surface area contributed by atoms with Crippen molar-refractivity contribution in [3.8, 4) is 0 Å². The quantitative estimate of drug-likeness (QED) is 0.728. The first kappa shape index (κ1) is 16.8. The summed E-state index contributed by atoms with van der Waals surface area (Å²) in [6, 6.07) is 9.74. The van der Waals surface area contributed by atoms with Crippen LogP contribution in [0.4, 0.5) is 0 Å². The Labute approximate surface area is 134 Å². The van der Waals surface area contributed by atoms with Crippen molar-refractivity contribution in [3.63, 3.8) is 0 Å². The first-order valence-corrected chi connectivity index (χ1v) is 7.26. The van der Waals surface area contributed by atoms with E-state index < -0.39 is 5.97 Å². The Kier molecular flexibility index (Phi) is 5.94. The molecule has 2 rings (SSSR count). The molecule has 0 aliphatic rings. The number of nitrogens with one attached hydrogen (secondary N) is 1. The van der Waals surface area contributed by atoms with Crippen molar-refractivity contribution in [1.82, 2.24) is 5.32 Å². The summed E-state index contributed by atoms with van der Waals surface area (Å²) in [5.74, 6) is -1.23. The van der Waals surface area contributed by atoms with E-state index in [1.165, 1.54) is 6.26 Å². The fraction of sp³-hybridized carbons (Fsp3) is 0.294. The summed E-state index contributed by atoms with van der Waals surface area (Å²) >= 11 is 0. The van der Waals surface area contributed by atoms with E-state index in [0.29, 0.717) is 25.3 Å². The summed E-state index contributed by atoms with van der Waals surface area (Å²) < 4.78 is 10.6. The third-order valence-electron chi connectivity index (χ3n) is 3.23. The fourth-order valence-electron chi connectivity index (χ4n) is 2.16. The second-order valence-electron chi connectivity index (χ2n) is 5.08. The molecule has 0 aliphatic carbocycles. The number of ether oxygens (including phenoxy) is 1. The van der Waals surface area contributed by atoms with Gasteiger partial charge in [0, 0.05) is 12.1 Å². The van der Waals surface area contributed by atoms with Gasteiger partial charge >= 0.3 is 5.97 Å². The predicted octanol–water partition coefficient (Wildman–Crippen LogP) is 2.16. The number of aliphatic carboxylic acids is 1. The van der Waals surface area contributed by atoms with Crippen LogP contribution in [-0.4, -0.2) is 30.1 Å². The molecule has 1 heterocycles. The van der Waals surface area contributed by atoms with Gasteiger partial charge in [0.15, 0.2) is 0 Å². The van der Waals surface area contributed by atoms with Crippen molar-refractivity contribution >= 4 is 11.9 Å². The zero-order valence-corrected chi connectivity index (χ0v) is 12.9. The molecule has 0 aliphatic heterocycles. The first-order chi connectivity index (χ1) is 11.1. The van der Waals surface area contributed by atoms with Gasteiger partial charge in [-0.15, -0.1) is 0 Å². The average molecular weight is 317 g/mol. The number of aryl methyl sites for hydroxylation is 1. The number of hydrogen-bond acceptors (Lipinski definition) is 4. The fourth-order valence-corrected chi connectivity index (χ4v) is 2.16. The minimum atomic E-state index is -1.04. The molecular weight excluding hydrogens is 298 g/mol. The first-order valence-electron chi connectivity index (χ1n) is 7.26. The molecule has 6 nitrogen and oxygen atoms in total. The summed E-state index contributed by atoms with van der Waals surface area (Å²) in [4.78, 5) is 22.9. The Morgan fingerprint density at radius 2 is 2.00 bits per heavy atom. The third kappa shape index (κ3) is 4.96. The molecule has 1 amide bonds. The van der Waals surface area contributed by atoms with Gasteiger partial charge in [-0.1, -0.05) is 30.3 Å². The van der Waals surface area contributed by atoms with Crippen molar-refractivity contribution in [2.24, 2.45) is 0 Å². The van der Waals surface area contributed by atoms with E-state index in [4.69, 9.17) is 14.3 Å². The molecule has 0 bridgehead atoms. The lowest BCUT2D eigenvalue weighted by Gasteiger charge is -2.07. The molecule has 0 unspecified atom stereocenters. The normalized spacial score (nSPS) is 10.5. The number of carboxylic acid groups (broad SMARTS) is 1. The smallest absolute Gasteiger partial charge is 0.311 e. The van der Waals surface area contributed by atoms with Crippen molar-refractivity contribution < 1.29 is 23.8 Å². The highest BCUT2D eigenvalue weighted by Gasteiger charge is 2.20. The lowest BCUT2D eigenvalue weighted by Crippen LogP contribution is -2.28. The molecule has 6 heteroatoms. The number of hydrogen-bond donors (Lipinski definition) is 2. The summed E-state index contributed by atoms with van der Waals surface area (Å²) in [6.45, 7) is 2.88. The molecule has 0 fully saturated rings. The Morgan fingerprint density at radius 1 is 1.26 bits per heavy atom. The molecule has 2 N–H and O–H groups in total. The number of amides is 1. The molecular formula is C17H19NO5. The number of rotatable bonds is 8. The van der Waals surface area contributed by atoms with Crippen molar-refractivity contribution in [2.75, 3.05) is 13.2 Å². The molecule has 0 radical (unpaired) electrons. The van der Waals surface area contributed by atoms with Crippen LogP contribution in [0.5, 0.6) is 0 Å². The minimum Gasteiger partial charge on any atom is -0.481 e. The lowest BCUT2D eigenvalue weighted by molar-refractivity contribution is -0.136. The molecule has 23 heavy (non-hydrogen) atoms. The Hall–Kier alpha value is -2.60. The van der Waals surface area contributed by atoms with E-state index in [1.54, 1.807) is 6.92 Å². The highest BCUT2D eigenvalue weighted by molar-refractivity contribution is 5.97. The van der Waals surface area contributed by atoms with E-state index >= 15 is 0 Å². The van der Waals surface area contributed by atoms with Crippen LogP contribution in [0.3, 0.4) is 0 Å². The van der Waals surface area contributed by atoms with Gasteiger partial charge in [-0.25, -0.2) is 0 Å². The van der Waals surface area contributed by atoms with Crippen LogP contribution in [0.2, 0.25) is 0 Å². The van der Waals surface area contributed by atoms with Crippen LogP contribution >= 0.6 is 0 Å². The highest BCUT2D eigenvalue weighted by atomic mass is 16.5. The van der Waals surface area contributed by atoms with Crippen LogP contribution in [0.25, 0.3) is 0 Å². The number of furan rings is 1. The van der Waals surface area contributed by atoms with Gasteiger partial charge in [0.25, 0.3) is 5.91 Å². The van der Waals surface area contributed by atoms with E-state index in [-0.39, 0.29) is 23.7 Å². The van der Waals surface area contributed by atoms with Gasteiger partial charge in [0.1, 0.15) is 12.2 Å². The highest BCUT2D eigenvalue weighted by Crippen LogP contribution is 2.17. The standard InChI is InChI=1S/C17H19NO5/c1-12-10-23-14(9-15(19)20)16(12)17(21)18-7-8-22-11-13-5-3-2-4-6-13/h2-6,10H,7-9,11H2,1H3,(H,18,21)(H,19,20). The lowest BCUT2D eigenvalue weighted by atomic mass is 10.1. The van der Waals surface area contributed by atoms with Crippen LogP contribution in [0, 0.1) is 6.92 Å². The van der Waals surface area contributed by atoms with Gasteiger partial charge in [-0.2, -0.15) is 0 Å². The SMILES string of the molecule is Cc1coc(CC(=O)O)c1C(=O)NCCOCc1ccccc1. The second-order valence-corrected chi connectivity index (χ2v) is 5.08. The van der Waals surface area contributed by atoms with Crippen LogP contribution in [0.1, 0.15) is 27.2 Å². The Morgan fingerprint density at radius 3 is 2.70 bits per heavy atom. The Balaban J connectivity index is 1.79. The topological polar surface area (TPSA) is 88.8 Å². The maximum absolute atomic E-state index is 12.1. The van der Waals surface area contributed by atoms with Crippen molar-refractivity contribution in [2.45, 2.75) is 20.0 Å². The van der Waals surface area contributed by atoms with Crippen molar-refractivity contribution in [1.29, 1.82) is 0 Å². The number of carbonyl (C=O) groups is 2. The van der Waals surface area contributed by atoms with E-state index in [0.717, 1.165) is 5.56 Å². The molecule has 0 atom stereocenters. The maximum Gasteiger partial charge on any atom is 0.311 e. The molecule has 1 aromatic carbocycles. The van der Waals surface area contributed by atoms with E-state index in [1.807, 2.05) is 30.3 Å². The van der Waals surface area contributed by atoms with Crippen LogP contribution < -0.4 is 5.32 Å². The van der Waals surface area contributed by atoms with Crippen LogP contribution in [-0.2, 0) is 22.6 Å². The van der Waals surface area contributed by atoms with Gasteiger partial charge in [-0.05, 0) is 12.5 Å². The number of carbonyl (C=O) groups excluding carboxylic acids is 1. The molecule has 0 saturated heterocycles. The summed E-state index contributed by atoms with van der Waals surface area (Å²) in [5, 5.41) is 11.5. The molecule has 2 aromatic rings. The summed E-state index contributed by atoms with van der Waals surface area (Å²) in [7, 11) is 0. The average Bonchev–Trinajstić information content (AvgIpc) is 2.87. The zero-order chi connectivity index (χ0) is 16.7. The summed E-state index contributed by atoms with van der Waals surface area (Å²) in [5.41, 5.74) is 1.97. The minimum absolute atomic E-state index is 0.165. The van der Waals surface area contributed by atoms with Gasteiger partial charge in [0.2, 0.25) is 0 Å². The molecule has 1 aromatic heterocycles. The van der Waals surface area contributed by atoms with Crippen LogP contribution in [0.15, 0.2) is 41.0 Å². The zero-order valence-electron chi connectivity index (χ0n) is 12.9. The van der Waals surface area contributed by atoms with Gasteiger partial charge < -0.3 is 19.6 Å². The molecule has 0 spiro atoms. The second kappa shape index (κ2) is 8.14. The monoisotopic (exact) mass is 317 g/mol. The largest absolute Gasteiger partial charge is 0.481 e.